The molecule has 0 aliphatic carbocycles. The number of amides is 1. The summed E-state index contributed by atoms with van der Waals surface area (Å²) in [6.07, 6.45) is 1.85. The first-order chi connectivity index (χ1) is 8.97. The van der Waals surface area contributed by atoms with Crippen molar-refractivity contribution in [3.63, 3.8) is 0 Å². The summed E-state index contributed by atoms with van der Waals surface area (Å²) < 4.78 is 0. The molecule has 0 saturated heterocycles. The maximum Gasteiger partial charge on any atom is 0.221 e. The van der Waals surface area contributed by atoms with Crippen LogP contribution in [0.25, 0.3) is 0 Å². The maximum absolute atomic E-state index is 12.4. The number of anilines is 1. The zero-order valence-corrected chi connectivity index (χ0v) is 12.0. The van der Waals surface area contributed by atoms with Gasteiger partial charge in [-0.05, 0) is 18.2 Å². The SMILES string of the molecule is CC(=O)Nc1ccc2c(c1)C(=O)/C(=C\N(C)C)CS2. The fourth-order valence-electron chi connectivity index (χ4n) is 1.92. The number of ketones is 1. The van der Waals surface area contributed by atoms with Gasteiger partial charge < -0.3 is 10.2 Å². The van der Waals surface area contributed by atoms with Crippen molar-refractivity contribution in [1.29, 1.82) is 0 Å². The number of hydrogen-bond acceptors (Lipinski definition) is 4. The van der Waals surface area contributed by atoms with Crippen LogP contribution in [0.1, 0.15) is 17.3 Å². The van der Waals surface area contributed by atoms with Crippen LogP contribution < -0.4 is 5.32 Å². The Morgan fingerprint density at radius 2 is 2.16 bits per heavy atom. The number of carbonyl (C=O) groups is 2. The van der Waals surface area contributed by atoms with Gasteiger partial charge in [0, 0.05) is 54.7 Å². The van der Waals surface area contributed by atoms with E-state index in [0.29, 0.717) is 17.0 Å². The summed E-state index contributed by atoms with van der Waals surface area (Å²) in [4.78, 5) is 26.3. The van der Waals surface area contributed by atoms with Crippen molar-refractivity contribution < 1.29 is 9.59 Å². The highest BCUT2D eigenvalue weighted by Gasteiger charge is 2.23. The van der Waals surface area contributed by atoms with E-state index in [1.54, 1.807) is 17.8 Å². The lowest BCUT2D eigenvalue weighted by Gasteiger charge is -2.19. The molecule has 0 fully saturated rings. The molecule has 1 heterocycles. The van der Waals surface area contributed by atoms with Gasteiger partial charge >= 0.3 is 0 Å². The number of hydrogen-bond donors (Lipinski definition) is 1. The van der Waals surface area contributed by atoms with E-state index < -0.39 is 0 Å². The molecule has 1 aliphatic heterocycles. The predicted molar refractivity (Wildman–Crippen MR) is 77.6 cm³/mol. The van der Waals surface area contributed by atoms with E-state index in [9.17, 15) is 9.59 Å². The standard InChI is InChI=1S/C14H16N2O2S/c1-9(17)15-11-4-5-13-12(6-11)14(18)10(8-19-13)7-16(2)3/h4-7H,8H2,1-3H3,(H,15,17)/b10-7-. The molecule has 0 atom stereocenters. The van der Waals surface area contributed by atoms with Crippen LogP contribution in [0.15, 0.2) is 34.9 Å². The number of Topliss-reactive ketones (excluding diaryl/α,β-unsaturated/α-hetero) is 1. The molecule has 19 heavy (non-hydrogen) atoms. The second-order valence-electron chi connectivity index (χ2n) is 4.63. The summed E-state index contributed by atoms with van der Waals surface area (Å²) in [5.41, 5.74) is 2.10. The number of thioether (sulfide) groups is 1. The van der Waals surface area contributed by atoms with Crippen LogP contribution in [0.5, 0.6) is 0 Å². The molecule has 0 unspecified atom stereocenters. The highest BCUT2D eigenvalue weighted by Crippen LogP contribution is 2.34. The molecule has 0 aromatic heterocycles. The van der Waals surface area contributed by atoms with Crippen molar-refractivity contribution in [1.82, 2.24) is 4.90 Å². The minimum atomic E-state index is -0.139. The second-order valence-corrected chi connectivity index (χ2v) is 5.65. The summed E-state index contributed by atoms with van der Waals surface area (Å²) >= 11 is 1.64. The van der Waals surface area contributed by atoms with Crippen molar-refractivity contribution in [3.05, 3.63) is 35.5 Å². The van der Waals surface area contributed by atoms with Crippen LogP contribution in [0.4, 0.5) is 5.69 Å². The molecule has 1 aliphatic rings. The summed E-state index contributed by atoms with van der Waals surface area (Å²) in [6, 6.07) is 5.45. The van der Waals surface area contributed by atoms with Gasteiger partial charge in [0.2, 0.25) is 5.91 Å². The van der Waals surface area contributed by atoms with E-state index in [1.807, 2.05) is 37.3 Å². The minimum absolute atomic E-state index is 0.0367. The minimum Gasteiger partial charge on any atom is -0.383 e. The zero-order chi connectivity index (χ0) is 14.0. The average molecular weight is 276 g/mol. The van der Waals surface area contributed by atoms with Gasteiger partial charge in [0.15, 0.2) is 5.78 Å². The molecule has 0 saturated carbocycles. The second kappa shape index (κ2) is 5.48. The van der Waals surface area contributed by atoms with Gasteiger partial charge in [-0.2, -0.15) is 0 Å². The molecular formula is C14H16N2O2S. The number of nitrogens with one attached hydrogen (secondary N) is 1. The van der Waals surface area contributed by atoms with Gasteiger partial charge in [-0.15, -0.1) is 11.8 Å². The van der Waals surface area contributed by atoms with E-state index in [0.717, 1.165) is 10.5 Å². The molecule has 1 aromatic rings. The molecule has 4 nitrogen and oxygen atoms in total. The first-order valence-corrected chi connectivity index (χ1v) is 6.92. The quantitative estimate of drug-likeness (QED) is 0.843. The topological polar surface area (TPSA) is 49.4 Å². The van der Waals surface area contributed by atoms with E-state index >= 15 is 0 Å². The summed E-state index contributed by atoms with van der Waals surface area (Å²) in [7, 11) is 3.79. The molecule has 100 valence electrons. The van der Waals surface area contributed by atoms with Gasteiger partial charge in [-0.25, -0.2) is 0 Å². The lowest BCUT2D eigenvalue weighted by Crippen LogP contribution is -2.16. The number of benzene rings is 1. The Balaban J connectivity index is 2.36. The van der Waals surface area contributed by atoms with E-state index in [-0.39, 0.29) is 11.7 Å². The first kappa shape index (κ1) is 13.7. The molecule has 0 spiro atoms. The highest BCUT2D eigenvalue weighted by atomic mass is 32.2. The van der Waals surface area contributed by atoms with Gasteiger partial charge in [-0.1, -0.05) is 0 Å². The zero-order valence-electron chi connectivity index (χ0n) is 11.2. The van der Waals surface area contributed by atoms with Crippen molar-refractivity contribution >= 4 is 29.1 Å². The first-order valence-electron chi connectivity index (χ1n) is 5.93. The molecule has 2 rings (SSSR count). The van der Waals surface area contributed by atoms with Crippen LogP contribution in [0.3, 0.4) is 0 Å². The van der Waals surface area contributed by atoms with Crippen LogP contribution in [-0.2, 0) is 4.79 Å². The molecule has 1 N–H and O–H groups in total. The number of nitrogens with zero attached hydrogens (tertiary/aromatic N) is 1. The Morgan fingerprint density at radius 1 is 1.42 bits per heavy atom. The van der Waals surface area contributed by atoms with E-state index in [2.05, 4.69) is 5.32 Å². The molecular weight excluding hydrogens is 260 g/mol. The largest absolute Gasteiger partial charge is 0.383 e. The van der Waals surface area contributed by atoms with Crippen molar-refractivity contribution in [2.75, 3.05) is 25.2 Å². The smallest absolute Gasteiger partial charge is 0.221 e. The van der Waals surface area contributed by atoms with E-state index in [1.165, 1.54) is 6.92 Å². The van der Waals surface area contributed by atoms with Gasteiger partial charge in [0.25, 0.3) is 0 Å². The van der Waals surface area contributed by atoms with Crippen LogP contribution in [-0.4, -0.2) is 36.4 Å². The molecule has 0 bridgehead atoms. The lowest BCUT2D eigenvalue weighted by atomic mass is 10.0. The summed E-state index contributed by atoms with van der Waals surface area (Å²) in [5.74, 6) is 0.582. The normalized spacial score (nSPS) is 16.2. The van der Waals surface area contributed by atoms with E-state index in [4.69, 9.17) is 0 Å². The Labute approximate surface area is 116 Å². The van der Waals surface area contributed by atoms with Crippen molar-refractivity contribution in [2.24, 2.45) is 0 Å². The fourth-order valence-corrected chi connectivity index (χ4v) is 2.90. The fraction of sp³-hybridized carbons (Fsp3) is 0.286. The van der Waals surface area contributed by atoms with Crippen LogP contribution in [0.2, 0.25) is 0 Å². The number of fused-ring (bicyclic) bond motifs is 1. The van der Waals surface area contributed by atoms with Crippen molar-refractivity contribution in [2.45, 2.75) is 11.8 Å². The monoisotopic (exact) mass is 276 g/mol. The third-order valence-corrected chi connectivity index (χ3v) is 3.76. The lowest BCUT2D eigenvalue weighted by molar-refractivity contribution is -0.114. The number of carbonyl (C=O) groups excluding carboxylic acids is 2. The van der Waals surface area contributed by atoms with Crippen molar-refractivity contribution in [3.8, 4) is 0 Å². The maximum atomic E-state index is 12.4. The highest BCUT2D eigenvalue weighted by molar-refractivity contribution is 7.99. The third kappa shape index (κ3) is 3.17. The Bertz CT molecular complexity index is 565. The molecule has 5 heteroatoms. The summed E-state index contributed by atoms with van der Waals surface area (Å²) in [5, 5.41) is 2.70. The van der Waals surface area contributed by atoms with Gasteiger partial charge in [0.05, 0.1) is 0 Å². The van der Waals surface area contributed by atoms with Crippen LogP contribution in [0, 0.1) is 0 Å². The third-order valence-electron chi connectivity index (χ3n) is 2.63. The Hall–Kier alpha value is -1.75. The number of rotatable bonds is 2. The van der Waals surface area contributed by atoms with Crippen LogP contribution >= 0.6 is 11.8 Å². The summed E-state index contributed by atoms with van der Waals surface area (Å²) in [6.45, 7) is 1.45. The van der Waals surface area contributed by atoms with Gasteiger partial charge in [-0.3, -0.25) is 9.59 Å². The van der Waals surface area contributed by atoms with Gasteiger partial charge in [0.1, 0.15) is 0 Å². The average Bonchev–Trinajstić information content (AvgIpc) is 2.32. The molecule has 1 amide bonds. The Kier molecular flexibility index (Phi) is 3.95. The molecule has 0 radical (unpaired) electrons. The Morgan fingerprint density at radius 3 is 2.79 bits per heavy atom. The molecule has 1 aromatic carbocycles. The predicted octanol–water partition coefficient (Wildman–Crippen LogP) is 2.38.